The first-order valence-electron chi connectivity index (χ1n) is 8.05. The van der Waals surface area contributed by atoms with E-state index in [1.54, 1.807) is 6.92 Å². The molecule has 120 valence electrons. The van der Waals surface area contributed by atoms with Gasteiger partial charge in [-0.3, -0.25) is 0 Å². The van der Waals surface area contributed by atoms with Crippen LogP contribution in [0.15, 0.2) is 36.5 Å². The molecule has 0 spiro atoms. The quantitative estimate of drug-likeness (QED) is 0.778. The zero-order valence-corrected chi connectivity index (χ0v) is 13.2. The van der Waals surface area contributed by atoms with Crippen LogP contribution in [0.2, 0.25) is 0 Å². The van der Waals surface area contributed by atoms with E-state index in [9.17, 15) is 4.79 Å². The predicted molar refractivity (Wildman–Crippen MR) is 85.7 cm³/mol. The Labute approximate surface area is 135 Å². The number of carbonyl (C=O) groups is 1. The van der Waals surface area contributed by atoms with Crippen LogP contribution in [0, 0.1) is 0 Å². The molecule has 0 atom stereocenters. The lowest BCUT2D eigenvalue weighted by molar-refractivity contribution is 0.0522. The summed E-state index contributed by atoms with van der Waals surface area (Å²) in [5.41, 5.74) is 0.262. The highest BCUT2D eigenvalue weighted by atomic mass is 16.5. The van der Waals surface area contributed by atoms with Crippen molar-refractivity contribution in [2.75, 3.05) is 6.61 Å². The predicted octanol–water partition coefficient (Wildman–Crippen LogP) is 4.10. The fourth-order valence-electron chi connectivity index (χ4n) is 2.79. The third-order valence-electron chi connectivity index (χ3n) is 3.95. The number of hydrogen-bond acceptors (Lipinski definition) is 5. The largest absolute Gasteiger partial charge is 0.462 e. The zero-order chi connectivity index (χ0) is 16.1. The average Bonchev–Trinajstić information content (AvgIpc) is 3.10. The fraction of sp³-hybridized carbons (Fsp3) is 0.389. The maximum Gasteiger partial charge on any atom is 0.345 e. The molecule has 5 nitrogen and oxygen atoms in total. The van der Waals surface area contributed by atoms with Gasteiger partial charge in [0, 0.05) is 12.1 Å². The molecule has 2 aromatic rings. The molecule has 0 N–H and O–H groups in total. The molecule has 0 saturated heterocycles. The highest BCUT2D eigenvalue weighted by Crippen LogP contribution is 2.34. The SMILES string of the molecule is CCOC(=O)c1cnc(C2CCCC2)nc1Oc1ccccc1. The number of ether oxygens (including phenoxy) is 2. The molecule has 5 heteroatoms. The number of benzene rings is 1. The minimum atomic E-state index is -0.462. The molecule has 1 aromatic carbocycles. The third kappa shape index (κ3) is 3.67. The minimum absolute atomic E-state index is 0.262. The van der Waals surface area contributed by atoms with Crippen LogP contribution >= 0.6 is 0 Å². The highest BCUT2D eigenvalue weighted by Gasteiger charge is 2.24. The molecule has 23 heavy (non-hydrogen) atoms. The molecular formula is C18H20N2O3. The number of hydrogen-bond donors (Lipinski definition) is 0. The first-order valence-corrected chi connectivity index (χ1v) is 8.05. The van der Waals surface area contributed by atoms with Gasteiger partial charge in [-0.15, -0.1) is 0 Å². The Kier molecular flexibility index (Phi) is 4.86. The lowest BCUT2D eigenvalue weighted by Gasteiger charge is -2.13. The van der Waals surface area contributed by atoms with Crippen molar-refractivity contribution < 1.29 is 14.3 Å². The summed E-state index contributed by atoms with van der Waals surface area (Å²) in [5, 5.41) is 0. The number of carbonyl (C=O) groups excluding carboxylic acids is 1. The van der Waals surface area contributed by atoms with E-state index < -0.39 is 5.97 Å². The van der Waals surface area contributed by atoms with Crippen molar-refractivity contribution in [2.24, 2.45) is 0 Å². The Morgan fingerprint density at radius 1 is 1.22 bits per heavy atom. The Morgan fingerprint density at radius 2 is 1.96 bits per heavy atom. The zero-order valence-electron chi connectivity index (χ0n) is 13.2. The number of nitrogens with zero attached hydrogens (tertiary/aromatic N) is 2. The Hall–Kier alpha value is -2.43. The number of para-hydroxylation sites is 1. The fourth-order valence-corrected chi connectivity index (χ4v) is 2.79. The smallest absolute Gasteiger partial charge is 0.345 e. The summed E-state index contributed by atoms with van der Waals surface area (Å²) < 4.78 is 10.9. The van der Waals surface area contributed by atoms with Crippen LogP contribution in [0.3, 0.4) is 0 Å². The highest BCUT2D eigenvalue weighted by molar-refractivity contribution is 5.91. The first kappa shape index (κ1) is 15.5. The lowest BCUT2D eigenvalue weighted by atomic mass is 10.1. The molecule has 0 unspecified atom stereocenters. The van der Waals surface area contributed by atoms with Gasteiger partial charge in [0.2, 0.25) is 5.88 Å². The van der Waals surface area contributed by atoms with Crippen LogP contribution in [0.5, 0.6) is 11.6 Å². The molecule has 0 bridgehead atoms. The van der Waals surface area contributed by atoms with E-state index in [0.29, 0.717) is 18.3 Å². The molecule has 0 amide bonds. The van der Waals surface area contributed by atoms with Gasteiger partial charge in [0.05, 0.1) is 6.61 Å². The van der Waals surface area contributed by atoms with E-state index in [1.807, 2.05) is 30.3 Å². The molecular weight excluding hydrogens is 292 g/mol. The third-order valence-corrected chi connectivity index (χ3v) is 3.95. The molecule has 1 saturated carbocycles. The summed E-state index contributed by atoms with van der Waals surface area (Å²) in [5.74, 6) is 1.54. The van der Waals surface area contributed by atoms with Crippen LogP contribution in [-0.4, -0.2) is 22.5 Å². The van der Waals surface area contributed by atoms with Crippen molar-refractivity contribution in [3.8, 4) is 11.6 Å². The summed E-state index contributed by atoms with van der Waals surface area (Å²) in [7, 11) is 0. The molecule has 1 aliphatic carbocycles. The standard InChI is InChI=1S/C18H20N2O3/c1-2-22-18(21)15-12-19-16(13-8-6-7-9-13)20-17(15)23-14-10-4-3-5-11-14/h3-5,10-13H,2,6-9H2,1H3. The lowest BCUT2D eigenvalue weighted by Crippen LogP contribution is -2.11. The van der Waals surface area contributed by atoms with Gasteiger partial charge in [-0.1, -0.05) is 31.0 Å². The summed E-state index contributed by atoms with van der Waals surface area (Å²) in [4.78, 5) is 21.0. The van der Waals surface area contributed by atoms with Crippen LogP contribution in [0.4, 0.5) is 0 Å². The number of rotatable bonds is 5. The van der Waals surface area contributed by atoms with Crippen LogP contribution in [-0.2, 0) is 4.74 Å². The van der Waals surface area contributed by atoms with Gasteiger partial charge >= 0.3 is 5.97 Å². The van der Waals surface area contributed by atoms with E-state index in [4.69, 9.17) is 9.47 Å². The molecule has 0 aliphatic heterocycles. The van der Waals surface area contributed by atoms with Crippen molar-refractivity contribution in [3.05, 3.63) is 47.9 Å². The van der Waals surface area contributed by atoms with Crippen molar-refractivity contribution in [3.63, 3.8) is 0 Å². The average molecular weight is 312 g/mol. The molecule has 1 aromatic heterocycles. The van der Waals surface area contributed by atoms with Gasteiger partial charge in [-0.25, -0.2) is 9.78 Å². The Bertz CT molecular complexity index is 667. The second-order valence-electron chi connectivity index (χ2n) is 5.56. The summed E-state index contributed by atoms with van der Waals surface area (Å²) >= 11 is 0. The van der Waals surface area contributed by atoms with E-state index in [2.05, 4.69) is 9.97 Å². The van der Waals surface area contributed by atoms with Crippen molar-refractivity contribution in [2.45, 2.75) is 38.5 Å². The monoisotopic (exact) mass is 312 g/mol. The second kappa shape index (κ2) is 7.22. The topological polar surface area (TPSA) is 61.3 Å². The van der Waals surface area contributed by atoms with E-state index in [1.165, 1.54) is 19.0 Å². The van der Waals surface area contributed by atoms with Crippen molar-refractivity contribution in [1.29, 1.82) is 0 Å². The molecule has 1 heterocycles. The minimum Gasteiger partial charge on any atom is -0.462 e. The van der Waals surface area contributed by atoms with Crippen molar-refractivity contribution in [1.82, 2.24) is 9.97 Å². The second-order valence-corrected chi connectivity index (χ2v) is 5.56. The van der Waals surface area contributed by atoms with Crippen molar-refractivity contribution >= 4 is 5.97 Å². The van der Waals surface area contributed by atoms with Gasteiger partial charge in [-0.05, 0) is 31.9 Å². The summed E-state index contributed by atoms with van der Waals surface area (Å²) in [6.07, 6.45) is 6.09. The van der Waals surface area contributed by atoms with Gasteiger partial charge < -0.3 is 9.47 Å². The molecule has 3 rings (SSSR count). The van der Waals surface area contributed by atoms with Gasteiger partial charge in [-0.2, -0.15) is 4.98 Å². The molecule has 0 radical (unpaired) electrons. The maximum atomic E-state index is 12.1. The Morgan fingerprint density at radius 3 is 2.65 bits per heavy atom. The maximum absolute atomic E-state index is 12.1. The Balaban J connectivity index is 1.93. The number of esters is 1. The van der Waals surface area contributed by atoms with Crippen LogP contribution in [0.25, 0.3) is 0 Å². The van der Waals surface area contributed by atoms with Gasteiger partial charge in [0.15, 0.2) is 0 Å². The van der Waals surface area contributed by atoms with Crippen LogP contribution in [0.1, 0.15) is 54.7 Å². The van der Waals surface area contributed by atoms with Gasteiger partial charge in [0.25, 0.3) is 0 Å². The molecule has 1 fully saturated rings. The van der Waals surface area contributed by atoms with E-state index >= 15 is 0 Å². The van der Waals surface area contributed by atoms with E-state index in [0.717, 1.165) is 18.7 Å². The first-order chi connectivity index (χ1) is 11.3. The van der Waals surface area contributed by atoms with E-state index in [-0.39, 0.29) is 11.4 Å². The molecule has 1 aliphatic rings. The summed E-state index contributed by atoms with van der Waals surface area (Å²) in [6, 6.07) is 9.30. The summed E-state index contributed by atoms with van der Waals surface area (Å²) in [6.45, 7) is 2.07. The number of aromatic nitrogens is 2. The normalized spacial score (nSPS) is 14.7. The van der Waals surface area contributed by atoms with Crippen LogP contribution < -0.4 is 4.74 Å². The van der Waals surface area contributed by atoms with Gasteiger partial charge in [0.1, 0.15) is 17.1 Å².